The van der Waals surface area contributed by atoms with E-state index in [1.807, 2.05) is 18.2 Å². The van der Waals surface area contributed by atoms with Gasteiger partial charge in [0.05, 0.1) is 11.2 Å². The van der Waals surface area contributed by atoms with Gasteiger partial charge < -0.3 is 5.32 Å². The van der Waals surface area contributed by atoms with Crippen LogP contribution in [0.2, 0.25) is 0 Å². The molecule has 0 saturated heterocycles. The molecule has 3 nitrogen and oxygen atoms in total. The minimum absolute atomic E-state index is 0.257. The molecule has 20 heavy (non-hydrogen) atoms. The third kappa shape index (κ3) is 2.29. The standard InChI is InChI=1S/C16H15FN2O/c1-11-5-6-12(10-13(11)17)15(20)19-16(7-8-16)14-4-2-3-9-18-14/h2-6,9-10H,7-8H2,1H3,(H,19,20). The largest absolute Gasteiger partial charge is 0.341 e. The second-order valence-electron chi connectivity index (χ2n) is 5.22. The van der Waals surface area contributed by atoms with E-state index in [1.165, 1.54) is 6.07 Å². The zero-order chi connectivity index (χ0) is 14.2. The Hall–Kier alpha value is -2.23. The van der Waals surface area contributed by atoms with Crippen molar-refractivity contribution in [1.82, 2.24) is 10.3 Å². The molecule has 2 aromatic rings. The summed E-state index contributed by atoms with van der Waals surface area (Å²) < 4.78 is 13.5. The van der Waals surface area contributed by atoms with Crippen LogP contribution < -0.4 is 5.32 Å². The van der Waals surface area contributed by atoms with E-state index in [0.29, 0.717) is 11.1 Å². The molecule has 1 saturated carbocycles. The van der Waals surface area contributed by atoms with Crippen LogP contribution in [0.5, 0.6) is 0 Å². The summed E-state index contributed by atoms with van der Waals surface area (Å²) in [5.41, 5.74) is 1.36. The third-order valence-electron chi connectivity index (χ3n) is 3.69. The van der Waals surface area contributed by atoms with Crippen LogP contribution >= 0.6 is 0 Å². The lowest BCUT2D eigenvalue weighted by Gasteiger charge is -2.17. The zero-order valence-corrected chi connectivity index (χ0v) is 11.2. The number of hydrogen-bond donors (Lipinski definition) is 1. The molecule has 0 aliphatic heterocycles. The Morgan fingerprint density at radius 2 is 2.10 bits per heavy atom. The van der Waals surface area contributed by atoms with E-state index in [2.05, 4.69) is 10.3 Å². The molecule has 0 atom stereocenters. The van der Waals surface area contributed by atoms with Crippen molar-refractivity contribution < 1.29 is 9.18 Å². The van der Waals surface area contributed by atoms with Crippen molar-refractivity contribution in [2.45, 2.75) is 25.3 Å². The van der Waals surface area contributed by atoms with Crippen LogP contribution in [0.15, 0.2) is 42.6 Å². The summed E-state index contributed by atoms with van der Waals surface area (Å²) in [4.78, 5) is 16.5. The number of hydrogen-bond acceptors (Lipinski definition) is 2. The third-order valence-corrected chi connectivity index (χ3v) is 3.69. The topological polar surface area (TPSA) is 42.0 Å². The minimum Gasteiger partial charge on any atom is -0.341 e. The molecular formula is C16H15FN2O. The number of aromatic nitrogens is 1. The van der Waals surface area contributed by atoms with E-state index in [4.69, 9.17) is 0 Å². The predicted octanol–water partition coefficient (Wildman–Crippen LogP) is 2.95. The van der Waals surface area contributed by atoms with Gasteiger partial charge in [0.15, 0.2) is 0 Å². The van der Waals surface area contributed by atoms with Gasteiger partial charge in [-0.25, -0.2) is 4.39 Å². The summed E-state index contributed by atoms with van der Waals surface area (Å²) in [6.07, 6.45) is 3.45. The van der Waals surface area contributed by atoms with Crippen molar-refractivity contribution >= 4 is 5.91 Å². The second-order valence-corrected chi connectivity index (χ2v) is 5.22. The maximum Gasteiger partial charge on any atom is 0.252 e. The molecule has 3 rings (SSSR count). The van der Waals surface area contributed by atoms with Gasteiger partial charge in [0, 0.05) is 11.8 Å². The molecule has 1 aliphatic rings. The van der Waals surface area contributed by atoms with Crippen molar-refractivity contribution in [3.63, 3.8) is 0 Å². The number of nitrogens with one attached hydrogen (secondary N) is 1. The number of aryl methyl sites for hydroxylation is 1. The van der Waals surface area contributed by atoms with Gasteiger partial charge in [-0.15, -0.1) is 0 Å². The van der Waals surface area contributed by atoms with Crippen molar-refractivity contribution in [1.29, 1.82) is 0 Å². The molecule has 1 aliphatic carbocycles. The number of carbonyl (C=O) groups excluding carboxylic acids is 1. The smallest absolute Gasteiger partial charge is 0.252 e. The van der Waals surface area contributed by atoms with Crippen LogP contribution in [0.4, 0.5) is 4.39 Å². The summed E-state index contributed by atoms with van der Waals surface area (Å²) in [6, 6.07) is 10.2. The Labute approximate surface area is 116 Å². The Bertz CT molecular complexity index is 651. The second kappa shape index (κ2) is 4.71. The summed E-state index contributed by atoms with van der Waals surface area (Å²) in [5, 5.41) is 2.98. The zero-order valence-electron chi connectivity index (χ0n) is 11.2. The lowest BCUT2D eigenvalue weighted by molar-refractivity contribution is 0.0929. The summed E-state index contributed by atoms with van der Waals surface area (Å²) in [6.45, 7) is 1.67. The van der Waals surface area contributed by atoms with Crippen LogP contribution in [-0.4, -0.2) is 10.9 Å². The normalized spacial score (nSPS) is 15.7. The first-order chi connectivity index (χ1) is 9.61. The fourth-order valence-electron chi connectivity index (χ4n) is 2.24. The van der Waals surface area contributed by atoms with E-state index >= 15 is 0 Å². The highest BCUT2D eigenvalue weighted by Gasteiger charge is 2.47. The fourth-order valence-corrected chi connectivity index (χ4v) is 2.24. The average Bonchev–Trinajstić information content (AvgIpc) is 3.23. The van der Waals surface area contributed by atoms with Crippen LogP contribution in [0, 0.1) is 12.7 Å². The molecule has 0 radical (unpaired) electrons. The van der Waals surface area contributed by atoms with Crippen LogP contribution in [0.3, 0.4) is 0 Å². The van der Waals surface area contributed by atoms with Crippen molar-refractivity contribution in [3.8, 4) is 0 Å². The minimum atomic E-state index is -0.375. The van der Waals surface area contributed by atoms with Crippen molar-refractivity contribution in [2.24, 2.45) is 0 Å². The molecule has 102 valence electrons. The number of carbonyl (C=O) groups is 1. The van der Waals surface area contributed by atoms with Gasteiger partial charge in [-0.05, 0) is 49.6 Å². The Morgan fingerprint density at radius 3 is 2.70 bits per heavy atom. The van der Waals surface area contributed by atoms with Crippen LogP contribution in [0.25, 0.3) is 0 Å². The fraction of sp³-hybridized carbons (Fsp3) is 0.250. The summed E-state index contributed by atoms with van der Waals surface area (Å²) >= 11 is 0. The molecule has 1 aromatic heterocycles. The average molecular weight is 270 g/mol. The van der Waals surface area contributed by atoms with E-state index in [-0.39, 0.29) is 17.3 Å². The van der Waals surface area contributed by atoms with Gasteiger partial charge in [0.25, 0.3) is 5.91 Å². The summed E-state index contributed by atoms with van der Waals surface area (Å²) in [5.74, 6) is -0.618. The lowest BCUT2D eigenvalue weighted by Crippen LogP contribution is -2.35. The molecule has 1 heterocycles. The maximum absolute atomic E-state index is 13.5. The molecule has 1 fully saturated rings. The molecule has 0 spiro atoms. The number of halogens is 1. The first kappa shape index (κ1) is 12.8. The first-order valence-electron chi connectivity index (χ1n) is 6.61. The Kier molecular flexibility index (Phi) is 3.01. The highest BCUT2D eigenvalue weighted by molar-refractivity contribution is 5.95. The molecule has 1 N–H and O–H groups in total. The Morgan fingerprint density at radius 1 is 1.30 bits per heavy atom. The van der Waals surface area contributed by atoms with Gasteiger partial charge in [-0.3, -0.25) is 9.78 Å². The monoisotopic (exact) mass is 270 g/mol. The molecular weight excluding hydrogens is 255 g/mol. The summed E-state index contributed by atoms with van der Waals surface area (Å²) in [7, 11) is 0. The number of amides is 1. The number of pyridine rings is 1. The van der Waals surface area contributed by atoms with E-state index in [9.17, 15) is 9.18 Å². The molecule has 0 bridgehead atoms. The van der Waals surface area contributed by atoms with Gasteiger partial charge in [-0.1, -0.05) is 12.1 Å². The molecule has 0 unspecified atom stereocenters. The van der Waals surface area contributed by atoms with E-state index in [0.717, 1.165) is 18.5 Å². The maximum atomic E-state index is 13.5. The lowest BCUT2D eigenvalue weighted by atomic mass is 10.1. The highest BCUT2D eigenvalue weighted by Crippen LogP contribution is 2.44. The first-order valence-corrected chi connectivity index (χ1v) is 6.61. The highest BCUT2D eigenvalue weighted by atomic mass is 19.1. The quantitative estimate of drug-likeness (QED) is 0.931. The molecule has 4 heteroatoms. The van der Waals surface area contributed by atoms with Gasteiger partial charge in [0.1, 0.15) is 5.82 Å². The number of rotatable bonds is 3. The predicted molar refractivity (Wildman–Crippen MR) is 73.8 cm³/mol. The van der Waals surface area contributed by atoms with Gasteiger partial charge >= 0.3 is 0 Å². The van der Waals surface area contributed by atoms with Gasteiger partial charge in [-0.2, -0.15) is 0 Å². The molecule has 1 aromatic carbocycles. The van der Waals surface area contributed by atoms with Crippen LogP contribution in [0.1, 0.15) is 34.5 Å². The SMILES string of the molecule is Cc1ccc(C(=O)NC2(c3ccccn3)CC2)cc1F. The van der Waals surface area contributed by atoms with E-state index < -0.39 is 0 Å². The number of benzene rings is 1. The Balaban J connectivity index is 1.81. The van der Waals surface area contributed by atoms with E-state index in [1.54, 1.807) is 25.3 Å². The van der Waals surface area contributed by atoms with Crippen LogP contribution in [-0.2, 0) is 5.54 Å². The van der Waals surface area contributed by atoms with Crippen molar-refractivity contribution in [3.05, 3.63) is 65.2 Å². The molecule has 1 amide bonds. The number of nitrogens with zero attached hydrogens (tertiary/aromatic N) is 1. The van der Waals surface area contributed by atoms with Crippen molar-refractivity contribution in [2.75, 3.05) is 0 Å². The van der Waals surface area contributed by atoms with Gasteiger partial charge in [0.2, 0.25) is 0 Å².